The molecule has 1 aliphatic rings. The molecule has 0 saturated carbocycles. The number of nitrogens with two attached hydrogens (primary N) is 1. The molecular formula is C13H18BrFN2. The van der Waals surface area contributed by atoms with Gasteiger partial charge in [-0.1, -0.05) is 15.9 Å². The van der Waals surface area contributed by atoms with Gasteiger partial charge in [-0.25, -0.2) is 4.39 Å². The van der Waals surface area contributed by atoms with Gasteiger partial charge in [0.2, 0.25) is 0 Å². The van der Waals surface area contributed by atoms with Gasteiger partial charge >= 0.3 is 0 Å². The lowest BCUT2D eigenvalue weighted by Crippen LogP contribution is -2.43. The lowest BCUT2D eigenvalue weighted by atomic mass is 10.0. The van der Waals surface area contributed by atoms with E-state index in [0.29, 0.717) is 0 Å². The van der Waals surface area contributed by atoms with Crippen molar-refractivity contribution in [2.45, 2.75) is 31.8 Å². The zero-order valence-electron chi connectivity index (χ0n) is 10.00. The first-order chi connectivity index (χ1) is 8.08. The summed E-state index contributed by atoms with van der Waals surface area (Å²) >= 11 is 3.39. The molecular weight excluding hydrogens is 283 g/mol. The van der Waals surface area contributed by atoms with Crippen molar-refractivity contribution in [3.8, 4) is 0 Å². The van der Waals surface area contributed by atoms with Gasteiger partial charge < -0.3 is 5.73 Å². The standard InChI is InChI=1S/C13H18BrFN2/c1-9(17-6-2-3-11(16)8-17)12-7-10(14)4-5-13(12)15/h4-5,7,9,11H,2-3,6,8,16H2,1H3. The Bertz CT molecular complexity index is 397. The number of hydrogen-bond acceptors (Lipinski definition) is 2. The SMILES string of the molecule is CC(c1cc(Br)ccc1F)N1CCCC(N)C1. The molecule has 0 spiro atoms. The Morgan fingerprint density at radius 1 is 1.53 bits per heavy atom. The van der Waals surface area contributed by atoms with Gasteiger partial charge in [-0.15, -0.1) is 0 Å². The molecule has 2 unspecified atom stereocenters. The van der Waals surface area contributed by atoms with Crippen LogP contribution in [0.4, 0.5) is 4.39 Å². The summed E-state index contributed by atoms with van der Waals surface area (Å²) in [6, 6.07) is 5.41. The van der Waals surface area contributed by atoms with Crippen LogP contribution < -0.4 is 5.73 Å². The number of nitrogens with zero attached hydrogens (tertiary/aromatic N) is 1. The van der Waals surface area contributed by atoms with Gasteiger partial charge in [0.1, 0.15) is 5.82 Å². The van der Waals surface area contributed by atoms with Gasteiger partial charge in [-0.2, -0.15) is 0 Å². The first-order valence-corrected chi connectivity index (χ1v) is 6.82. The minimum atomic E-state index is -0.139. The van der Waals surface area contributed by atoms with Crippen molar-refractivity contribution in [3.63, 3.8) is 0 Å². The average molecular weight is 301 g/mol. The van der Waals surface area contributed by atoms with E-state index in [4.69, 9.17) is 5.73 Å². The summed E-state index contributed by atoms with van der Waals surface area (Å²) in [5, 5.41) is 0. The minimum absolute atomic E-state index is 0.0823. The summed E-state index contributed by atoms with van der Waals surface area (Å²) < 4.78 is 14.7. The summed E-state index contributed by atoms with van der Waals surface area (Å²) in [7, 11) is 0. The molecule has 2 rings (SSSR count). The second kappa shape index (κ2) is 5.46. The maximum absolute atomic E-state index is 13.8. The smallest absolute Gasteiger partial charge is 0.128 e. The van der Waals surface area contributed by atoms with E-state index in [2.05, 4.69) is 20.8 Å². The van der Waals surface area contributed by atoms with E-state index in [1.54, 1.807) is 6.07 Å². The molecule has 94 valence electrons. The fourth-order valence-corrected chi connectivity index (χ4v) is 2.80. The summed E-state index contributed by atoms with van der Waals surface area (Å²) in [4.78, 5) is 2.26. The summed E-state index contributed by atoms with van der Waals surface area (Å²) in [5.41, 5.74) is 6.71. The van der Waals surface area contributed by atoms with E-state index in [-0.39, 0.29) is 17.9 Å². The van der Waals surface area contributed by atoms with Crippen molar-refractivity contribution in [1.29, 1.82) is 0 Å². The predicted octanol–water partition coefficient (Wildman–Crippen LogP) is 3.07. The summed E-state index contributed by atoms with van der Waals surface area (Å²) in [6.45, 7) is 3.90. The van der Waals surface area contributed by atoms with Gasteiger partial charge in [0.15, 0.2) is 0 Å². The molecule has 0 radical (unpaired) electrons. The van der Waals surface area contributed by atoms with E-state index in [1.165, 1.54) is 6.07 Å². The quantitative estimate of drug-likeness (QED) is 0.909. The topological polar surface area (TPSA) is 29.3 Å². The molecule has 0 amide bonds. The Morgan fingerprint density at radius 3 is 3.00 bits per heavy atom. The Hall–Kier alpha value is -0.450. The molecule has 2 N–H and O–H groups in total. The zero-order valence-corrected chi connectivity index (χ0v) is 11.6. The molecule has 4 heteroatoms. The minimum Gasteiger partial charge on any atom is -0.327 e. The van der Waals surface area contributed by atoms with Crippen molar-refractivity contribution in [3.05, 3.63) is 34.1 Å². The molecule has 1 heterocycles. The molecule has 17 heavy (non-hydrogen) atoms. The van der Waals surface area contributed by atoms with E-state index in [1.807, 2.05) is 13.0 Å². The van der Waals surface area contributed by atoms with Crippen molar-refractivity contribution >= 4 is 15.9 Å². The molecule has 1 aromatic carbocycles. The molecule has 1 saturated heterocycles. The second-order valence-corrected chi connectivity index (χ2v) is 5.65. The highest BCUT2D eigenvalue weighted by atomic mass is 79.9. The number of benzene rings is 1. The molecule has 1 aliphatic heterocycles. The van der Waals surface area contributed by atoms with Crippen LogP contribution in [-0.4, -0.2) is 24.0 Å². The second-order valence-electron chi connectivity index (χ2n) is 4.74. The van der Waals surface area contributed by atoms with Crippen LogP contribution >= 0.6 is 15.9 Å². The average Bonchev–Trinajstić information content (AvgIpc) is 2.31. The van der Waals surface area contributed by atoms with Crippen LogP contribution in [0.3, 0.4) is 0 Å². The first-order valence-electron chi connectivity index (χ1n) is 6.02. The fraction of sp³-hybridized carbons (Fsp3) is 0.538. The third-order valence-corrected chi connectivity index (χ3v) is 3.94. The normalized spacial score (nSPS) is 23.6. The summed E-state index contributed by atoms with van der Waals surface area (Å²) in [5.74, 6) is -0.139. The Kier molecular flexibility index (Phi) is 4.17. The van der Waals surface area contributed by atoms with Gasteiger partial charge in [0.25, 0.3) is 0 Å². The van der Waals surface area contributed by atoms with Crippen LogP contribution in [0, 0.1) is 5.82 Å². The molecule has 0 aromatic heterocycles. The maximum Gasteiger partial charge on any atom is 0.128 e. The number of likely N-dealkylation sites (tertiary alicyclic amines) is 1. The Labute approximate surface area is 110 Å². The van der Waals surface area contributed by atoms with E-state index >= 15 is 0 Å². The largest absolute Gasteiger partial charge is 0.327 e. The van der Waals surface area contributed by atoms with Gasteiger partial charge in [-0.3, -0.25) is 4.90 Å². The van der Waals surface area contributed by atoms with Crippen LogP contribution in [0.15, 0.2) is 22.7 Å². The van der Waals surface area contributed by atoms with Crippen LogP contribution in [0.2, 0.25) is 0 Å². The fourth-order valence-electron chi connectivity index (χ4n) is 2.42. The van der Waals surface area contributed by atoms with Crippen molar-refractivity contribution in [2.24, 2.45) is 5.73 Å². The van der Waals surface area contributed by atoms with Crippen molar-refractivity contribution in [1.82, 2.24) is 4.90 Å². The van der Waals surface area contributed by atoms with Gasteiger partial charge in [-0.05, 0) is 44.5 Å². The molecule has 1 aromatic rings. The van der Waals surface area contributed by atoms with Crippen molar-refractivity contribution in [2.75, 3.05) is 13.1 Å². The van der Waals surface area contributed by atoms with Crippen LogP contribution in [0.25, 0.3) is 0 Å². The van der Waals surface area contributed by atoms with Gasteiger partial charge in [0.05, 0.1) is 0 Å². The first kappa shape index (κ1) is 13.0. The Morgan fingerprint density at radius 2 is 2.29 bits per heavy atom. The van der Waals surface area contributed by atoms with E-state index in [0.717, 1.165) is 36.0 Å². The zero-order chi connectivity index (χ0) is 12.4. The van der Waals surface area contributed by atoms with Gasteiger partial charge in [0, 0.05) is 28.7 Å². The third kappa shape index (κ3) is 3.06. The van der Waals surface area contributed by atoms with Crippen LogP contribution in [0.1, 0.15) is 31.4 Å². The Balaban J connectivity index is 2.18. The third-order valence-electron chi connectivity index (χ3n) is 3.45. The predicted molar refractivity (Wildman–Crippen MR) is 71.3 cm³/mol. The highest BCUT2D eigenvalue weighted by Crippen LogP contribution is 2.27. The number of halogens is 2. The van der Waals surface area contributed by atoms with Crippen LogP contribution in [0.5, 0.6) is 0 Å². The molecule has 2 atom stereocenters. The lowest BCUT2D eigenvalue weighted by Gasteiger charge is -2.35. The number of rotatable bonds is 2. The number of piperidine rings is 1. The molecule has 0 bridgehead atoms. The van der Waals surface area contributed by atoms with E-state index in [9.17, 15) is 4.39 Å². The summed E-state index contributed by atoms with van der Waals surface area (Å²) in [6.07, 6.45) is 2.17. The van der Waals surface area contributed by atoms with Crippen LogP contribution in [-0.2, 0) is 0 Å². The highest BCUT2D eigenvalue weighted by molar-refractivity contribution is 9.10. The monoisotopic (exact) mass is 300 g/mol. The number of hydrogen-bond donors (Lipinski definition) is 1. The van der Waals surface area contributed by atoms with Crippen molar-refractivity contribution < 1.29 is 4.39 Å². The molecule has 1 fully saturated rings. The highest BCUT2D eigenvalue weighted by Gasteiger charge is 2.24. The maximum atomic E-state index is 13.8. The lowest BCUT2D eigenvalue weighted by molar-refractivity contribution is 0.157. The van der Waals surface area contributed by atoms with E-state index < -0.39 is 0 Å². The molecule has 0 aliphatic carbocycles. The molecule has 2 nitrogen and oxygen atoms in total.